The Morgan fingerprint density at radius 1 is 0.878 bits per heavy atom. The Morgan fingerprint density at radius 3 is 2.39 bits per heavy atom. The van der Waals surface area contributed by atoms with Crippen molar-refractivity contribution in [2.24, 2.45) is 5.10 Å². The lowest BCUT2D eigenvalue weighted by Gasteiger charge is -2.13. The van der Waals surface area contributed by atoms with Crippen LogP contribution in [-0.4, -0.2) is 31.2 Å². The van der Waals surface area contributed by atoms with E-state index in [4.69, 9.17) is 14.2 Å². The molecule has 2 amide bonds. The summed E-state index contributed by atoms with van der Waals surface area (Å²) in [6, 6.07) is 25.2. The molecule has 4 aromatic carbocycles. The molecule has 2 N–H and O–H groups in total. The molecule has 0 radical (unpaired) electrons. The summed E-state index contributed by atoms with van der Waals surface area (Å²) in [6.45, 7) is 2.33. The number of halogens is 2. The summed E-state index contributed by atoms with van der Waals surface area (Å²) in [5.74, 6) is 0.0745. The van der Waals surface area contributed by atoms with Crippen molar-refractivity contribution in [1.82, 2.24) is 5.43 Å². The number of anilines is 1. The maximum Gasteiger partial charge on any atom is 0.271 e. The number of hydrogen-bond acceptors (Lipinski definition) is 6. The van der Waals surface area contributed by atoms with E-state index in [1.165, 1.54) is 30.5 Å². The van der Waals surface area contributed by atoms with Gasteiger partial charge in [-0.15, -0.1) is 0 Å². The molecule has 4 aromatic rings. The number of hydrogen-bond donors (Lipinski definition) is 2. The highest BCUT2D eigenvalue weighted by Crippen LogP contribution is 2.29. The van der Waals surface area contributed by atoms with E-state index in [0.717, 1.165) is 10.0 Å². The Bertz CT molecular complexity index is 1510. The quantitative estimate of drug-likeness (QED) is 0.142. The lowest BCUT2D eigenvalue weighted by atomic mass is 10.2. The number of nitrogens with one attached hydrogen (secondary N) is 2. The number of ether oxygens (including phenoxy) is 3. The minimum atomic E-state index is -0.451. The second kappa shape index (κ2) is 14.6. The summed E-state index contributed by atoms with van der Waals surface area (Å²) in [6.07, 6.45) is 1.41. The molecule has 0 heterocycles. The van der Waals surface area contributed by atoms with Crippen LogP contribution < -0.4 is 25.0 Å². The van der Waals surface area contributed by atoms with Crippen LogP contribution in [0.25, 0.3) is 0 Å². The monoisotopic (exact) mass is 619 g/mol. The van der Waals surface area contributed by atoms with Crippen LogP contribution >= 0.6 is 15.9 Å². The second-order valence-corrected chi connectivity index (χ2v) is 9.51. The molecule has 0 unspecified atom stereocenters. The van der Waals surface area contributed by atoms with Crippen LogP contribution in [0.2, 0.25) is 0 Å². The van der Waals surface area contributed by atoms with Gasteiger partial charge in [-0.1, -0.05) is 46.3 Å². The highest BCUT2D eigenvalue weighted by Gasteiger charge is 2.12. The number of rotatable bonds is 12. The third kappa shape index (κ3) is 8.91. The Kier molecular flexibility index (Phi) is 10.4. The molecule has 0 saturated carbocycles. The Hall–Kier alpha value is -4.70. The molecule has 0 aliphatic rings. The third-order valence-corrected chi connectivity index (χ3v) is 6.06. The average Bonchev–Trinajstić information content (AvgIpc) is 2.98. The predicted octanol–water partition coefficient (Wildman–Crippen LogP) is 6.35. The lowest BCUT2D eigenvalue weighted by Crippen LogP contribution is -2.20. The zero-order valence-corrected chi connectivity index (χ0v) is 23.7. The molecular formula is C31H27BrFN3O5. The van der Waals surface area contributed by atoms with Crippen LogP contribution in [0.3, 0.4) is 0 Å². The fourth-order valence-electron chi connectivity index (χ4n) is 3.62. The lowest BCUT2D eigenvalue weighted by molar-refractivity contribution is -0.118. The molecule has 8 nitrogen and oxygen atoms in total. The van der Waals surface area contributed by atoms with Crippen LogP contribution in [0.4, 0.5) is 10.1 Å². The van der Waals surface area contributed by atoms with Crippen LogP contribution in [0.1, 0.15) is 28.4 Å². The van der Waals surface area contributed by atoms with Gasteiger partial charge in [0.2, 0.25) is 0 Å². The van der Waals surface area contributed by atoms with Crippen LogP contribution in [0.15, 0.2) is 101 Å². The summed E-state index contributed by atoms with van der Waals surface area (Å²) in [7, 11) is 0. The van der Waals surface area contributed by atoms with Gasteiger partial charge in [0, 0.05) is 21.3 Å². The van der Waals surface area contributed by atoms with E-state index in [-0.39, 0.29) is 6.61 Å². The largest absolute Gasteiger partial charge is 0.490 e. The average molecular weight is 620 g/mol. The van der Waals surface area contributed by atoms with Crippen molar-refractivity contribution >= 4 is 39.6 Å². The van der Waals surface area contributed by atoms with Crippen molar-refractivity contribution in [3.05, 3.63) is 118 Å². The van der Waals surface area contributed by atoms with E-state index in [0.29, 0.717) is 47.3 Å². The van der Waals surface area contributed by atoms with Gasteiger partial charge in [-0.3, -0.25) is 9.59 Å². The normalized spacial score (nSPS) is 10.7. The number of carbonyl (C=O) groups is 2. The van der Waals surface area contributed by atoms with Gasteiger partial charge in [0.15, 0.2) is 18.1 Å². The third-order valence-electron chi connectivity index (χ3n) is 5.57. The SMILES string of the molecule is CCOc1cc(C(=O)N/N=C/c2cc(Br)ccc2OCC(=O)Nc2ccc(F)cc2)ccc1OCc1ccccc1. The highest BCUT2D eigenvalue weighted by atomic mass is 79.9. The maximum absolute atomic E-state index is 13.1. The molecule has 0 spiro atoms. The van der Waals surface area contributed by atoms with Gasteiger partial charge in [0.1, 0.15) is 18.2 Å². The summed E-state index contributed by atoms with van der Waals surface area (Å²) in [5, 5.41) is 6.69. The van der Waals surface area contributed by atoms with E-state index < -0.39 is 17.6 Å². The minimum absolute atomic E-state index is 0.287. The van der Waals surface area contributed by atoms with E-state index in [9.17, 15) is 14.0 Å². The predicted molar refractivity (Wildman–Crippen MR) is 158 cm³/mol. The van der Waals surface area contributed by atoms with Crippen molar-refractivity contribution in [3.63, 3.8) is 0 Å². The van der Waals surface area contributed by atoms with Crippen molar-refractivity contribution in [1.29, 1.82) is 0 Å². The number of nitrogens with zero attached hydrogens (tertiary/aromatic N) is 1. The first-order valence-electron chi connectivity index (χ1n) is 12.7. The number of benzene rings is 4. The van der Waals surface area contributed by atoms with Crippen LogP contribution in [0, 0.1) is 5.82 Å². The number of amides is 2. The van der Waals surface area contributed by atoms with E-state index in [1.807, 2.05) is 37.3 Å². The van der Waals surface area contributed by atoms with Crippen molar-refractivity contribution in [2.45, 2.75) is 13.5 Å². The molecule has 4 rings (SSSR count). The molecule has 0 aliphatic heterocycles. The summed E-state index contributed by atoms with van der Waals surface area (Å²) in [4.78, 5) is 25.1. The standard InChI is InChI=1S/C31H27BrFN3O5/c1-2-39-29-17-22(8-14-28(29)40-19-21-6-4-3-5-7-21)31(38)36-34-18-23-16-24(32)9-15-27(23)41-20-30(37)35-26-12-10-25(33)11-13-26/h3-18H,2,19-20H2,1H3,(H,35,37)(H,36,38)/b34-18+. The van der Waals surface area contributed by atoms with Gasteiger partial charge in [-0.05, 0) is 73.2 Å². The Balaban J connectivity index is 1.37. The van der Waals surface area contributed by atoms with E-state index in [1.54, 1.807) is 36.4 Å². The smallest absolute Gasteiger partial charge is 0.271 e. The van der Waals surface area contributed by atoms with Gasteiger partial charge in [-0.2, -0.15) is 5.10 Å². The van der Waals surface area contributed by atoms with Gasteiger partial charge < -0.3 is 19.5 Å². The fourth-order valence-corrected chi connectivity index (χ4v) is 4.00. The van der Waals surface area contributed by atoms with E-state index in [2.05, 4.69) is 31.8 Å². The molecular weight excluding hydrogens is 593 g/mol. The van der Waals surface area contributed by atoms with Gasteiger partial charge in [0.05, 0.1) is 12.8 Å². The van der Waals surface area contributed by atoms with Crippen LogP contribution in [-0.2, 0) is 11.4 Å². The van der Waals surface area contributed by atoms with Gasteiger partial charge in [0.25, 0.3) is 11.8 Å². The number of carbonyl (C=O) groups excluding carboxylic acids is 2. The summed E-state index contributed by atoms with van der Waals surface area (Å²) >= 11 is 3.40. The van der Waals surface area contributed by atoms with Gasteiger partial charge in [-0.25, -0.2) is 9.82 Å². The van der Waals surface area contributed by atoms with Crippen molar-refractivity contribution in [2.75, 3.05) is 18.5 Å². The molecule has 0 bridgehead atoms. The fraction of sp³-hybridized carbons (Fsp3) is 0.129. The van der Waals surface area contributed by atoms with Gasteiger partial charge >= 0.3 is 0 Å². The first kappa shape index (κ1) is 29.3. The topological polar surface area (TPSA) is 98.3 Å². The summed E-state index contributed by atoms with van der Waals surface area (Å²) in [5.41, 5.74) is 4.81. The molecule has 0 atom stereocenters. The first-order chi connectivity index (χ1) is 19.9. The summed E-state index contributed by atoms with van der Waals surface area (Å²) < 4.78 is 31.1. The molecule has 0 aliphatic carbocycles. The molecule has 0 fully saturated rings. The molecule has 0 saturated heterocycles. The second-order valence-electron chi connectivity index (χ2n) is 8.59. The minimum Gasteiger partial charge on any atom is -0.490 e. The molecule has 10 heteroatoms. The molecule has 41 heavy (non-hydrogen) atoms. The maximum atomic E-state index is 13.1. The Labute approximate surface area is 245 Å². The first-order valence-corrected chi connectivity index (χ1v) is 13.5. The zero-order valence-electron chi connectivity index (χ0n) is 22.1. The molecule has 0 aromatic heterocycles. The molecule has 210 valence electrons. The van der Waals surface area contributed by atoms with Crippen molar-refractivity contribution in [3.8, 4) is 17.2 Å². The van der Waals surface area contributed by atoms with Crippen molar-refractivity contribution < 1.29 is 28.2 Å². The highest BCUT2D eigenvalue weighted by molar-refractivity contribution is 9.10. The number of hydrazone groups is 1. The zero-order chi connectivity index (χ0) is 29.0. The van der Waals surface area contributed by atoms with Crippen LogP contribution in [0.5, 0.6) is 17.2 Å². The Morgan fingerprint density at radius 2 is 1.63 bits per heavy atom. The van der Waals surface area contributed by atoms with E-state index >= 15 is 0 Å².